The molecule has 2 amide bonds. The van der Waals surface area contributed by atoms with Crippen LogP contribution in [0.25, 0.3) is 0 Å². The van der Waals surface area contributed by atoms with Gasteiger partial charge < -0.3 is 19.9 Å². The fraction of sp³-hybridized carbons (Fsp3) is 0.348. The first-order valence-corrected chi connectivity index (χ1v) is 10.2. The highest BCUT2D eigenvalue weighted by Crippen LogP contribution is 2.34. The van der Waals surface area contributed by atoms with Gasteiger partial charge in [-0.1, -0.05) is 12.5 Å². The highest BCUT2D eigenvalue weighted by molar-refractivity contribution is 6.08. The van der Waals surface area contributed by atoms with Crippen LogP contribution in [0.4, 0.5) is 11.4 Å². The van der Waals surface area contributed by atoms with Gasteiger partial charge >= 0.3 is 5.97 Å². The maximum atomic E-state index is 13.0. The molecule has 7 heteroatoms. The summed E-state index contributed by atoms with van der Waals surface area (Å²) in [6.07, 6.45) is 4.20. The fourth-order valence-electron chi connectivity index (χ4n) is 4.24. The van der Waals surface area contributed by atoms with Crippen LogP contribution in [-0.4, -0.2) is 49.6 Å². The average Bonchev–Trinajstić information content (AvgIpc) is 3.03. The van der Waals surface area contributed by atoms with E-state index >= 15 is 0 Å². The summed E-state index contributed by atoms with van der Waals surface area (Å²) < 4.78 is 4.72. The van der Waals surface area contributed by atoms with E-state index in [1.807, 2.05) is 11.9 Å². The average molecular weight is 407 g/mol. The van der Waals surface area contributed by atoms with Gasteiger partial charge in [-0.25, -0.2) is 4.79 Å². The number of nitrogens with one attached hydrogen (secondary N) is 1. The second kappa shape index (κ2) is 8.18. The van der Waals surface area contributed by atoms with E-state index in [1.54, 1.807) is 42.5 Å². The zero-order valence-electron chi connectivity index (χ0n) is 17.2. The summed E-state index contributed by atoms with van der Waals surface area (Å²) in [4.78, 5) is 41.6. The molecular weight excluding hydrogens is 382 g/mol. The second-order valence-corrected chi connectivity index (χ2v) is 7.70. The number of carbonyl (C=O) groups is 3. The Hall–Kier alpha value is -3.35. The van der Waals surface area contributed by atoms with Gasteiger partial charge in [-0.05, 0) is 55.7 Å². The molecule has 2 aromatic rings. The highest BCUT2D eigenvalue weighted by Gasteiger charge is 2.36. The largest absolute Gasteiger partial charge is 0.465 e. The maximum absolute atomic E-state index is 13.0. The third-order valence-corrected chi connectivity index (χ3v) is 5.84. The van der Waals surface area contributed by atoms with Crippen LogP contribution in [-0.2, 0) is 4.74 Å². The number of methoxy groups -OCH3 is 1. The van der Waals surface area contributed by atoms with Crippen molar-refractivity contribution >= 4 is 29.2 Å². The van der Waals surface area contributed by atoms with Crippen LogP contribution >= 0.6 is 0 Å². The molecule has 2 aliphatic heterocycles. The van der Waals surface area contributed by atoms with Gasteiger partial charge in [0.1, 0.15) is 6.17 Å². The predicted molar refractivity (Wildman–Crippen MR) is 114 cm³/mol. The molecule has 1 fully saturated rings. The van der Waals surface area contributed by atoms with Gasteiger partial charge in [0, 0.05) is 24.8 Å². The minimum atomic E-state index is -0.465. The monoisotopic (exact) mass is 407 g/mol. The lowest BCUT2D eigenvalue weighted by atomic mass is 10.0. The summed E-state index contributed by atoms with van der Waals surface area (Å²) in [5.41, 5.74) is 2.72. The van der Waals surface area contributed by atoms with E-state index in [2.05, 4.69) is 10.2 Å². The number of anilines is 2. The topological polar surface area (TPSA) is 79.0 Å². The number of benzene rings is 2. The lowest BCUT2D eigenvalue weighted by Crippen LogP contribution is -2.53. The third-order valence-electron chi connectivity index (χ3n) is 5.84. The molecule has 0 saturated carbocycles. The number of esters is 1. The number of nitrogens with zero attached hydrogens (tertiary/aromatic N) is 2. The molecule has 0 unspecified atom stereocenters. The molecule has 2 aliphatic rings. The summed E-state index contributed by atoms with van der Waals surface area (Å²) in [5.74, 6) is -0.732. The Labute approximate surface area is 175 Å². The molecule has 7 nitrogen and oxygen atoms in total. The summed E-state index contributed by atoms with van der Waals surface area (Å²) in [5, 5.41) is 2.82. The fourth-order valence-corrected chi connectivity index (χ4v) is 4.24. The zero-order valence-corrected chi connectivity index (χ0v) is 17.2. The van der Waals surface area contributed by atoms with E-state index < -0.39 is 5.97 Å². The van der Waals surface area contributed by atoms with E-state index in [-0.39, 0.29) is 18.0 Å². The zero-order chi connectivity index (χ0) is 21.3. The Morgan fingerprint density at radius 2 is 1.90 bits per heavy atom. The van der Waals surface area contributed by atoms with Gasteiger partial charge in [0.05, 0.1) is 23.9 Å². The predicted octanol–water partition coefficient (Wildman–Crippen LogP) is 3.52. The number of amides is 2. The van der Waals surface area contributed by atoms with Crippen molar-refractivity contribution < 1.29 is 19.1 Å². The number of carbonyl (C=O) groups excluding carboxylic acids is 3. The Bertz CT molecular complexity index is 1000. The molecule has 0 aromatic heterocycles. The third kappa shape index (κ3) is 3.63. The molecule has 156 valence electrons. The van der Waals surface area contributed by atoms with Gasteiger partial charge in [-0.3, -0.25) is 9.59 Å². The van der Waals surface area contributed by atoms with Crippen LogP contribution in [0.15, 0.2) is 42.5 Å². The Morgan fingerprint density at radius 3 is 2.70 bits per heavy atom. The van der Waals surface area contributed by atoms with Crippen molar-refractivity contribution in [1.29, 1.82) is 0 Å². The standard InChI is InChI=1S/C23H25N3O4/c1-25-19-14-15(21(27)24-17-8-6-7-16(13-17)23(29)30-2)10-11-18(19)22(28)26-12-5-3-4-9-20(25)26/h6-8,10-11,13-14,20H,3-5,9,12H2,1-2H3,(H,24,27)/t20-/m0/s1. The molecule has 0 aliphatic carbocycles. The van der Waals surface area contributed by atoms with Gasteiger partial charge in [0.15, 0.2) is 0 Å². The van der Waals surface area contributed by atoms with Crippen molar-refractivity contribution in [2.45, 2.75) is 31.8 Å². The van der Waals surface area contributed by atoms with Crippen LogP contribution in [0, 0.1) is 0 Å². The van der Waals surface area contributed by atoms with Gasteiger partial charge in [-0.15, -0.1) is 0 Å². The minimum absolute atomic E-state index is 0.0301. The normalized spacial score (nSPS) is 18.2. The number of fused-ring (bicyclic) bond motifs is 2. The van der Waals surface area contributed by atoms with E-state index in [4.69, 9.17) is 4.74 Å². The SMILES string of the molecule is COC(=O)c1cccc(NC(=O)c2ccc3c(c2)N(C)[C@@H]2CCCCCN2C3=O)c1. The Kier molecular flexibility index (Phi) is 5.44. The second-order valence-electron chi connectivity index (χ2n) is 7.70. The number of hydrogen-bond donors (Lipinski definition) is 1. The Balaban J connectivity index is 1.59. The number of rotatable bonds is 3. The van der Waals surface area contributed by atoms with Crippen LogP contribution in [0.2, 0.25) is 0 Å². The van der Waals surface area contributed by atoms with Crippen LogP contribution in [0.5, 0.6) is 0 Å². The van der Waals surface area contributed by atoms with Gasteiger partial charge in [0.25, 0.3) is 11.8 Å². The summed E-state index contributed by atoms with van der Waals surface area (Å²) in [6, 6.07) is 11.8. The molecule has 1 saturated heterocycles. The quantitative estimate of drug-likeness (QED) is 0.788. The van der Waals surface area contributed by atoms with Crippen molar-refractivity contribution in [3.8, 4) is 0 Å². The lowest BCUT2D eigenvalue weighted by Gasteiger charge is -2.43. The summed E-state index contributed by atoms with van der Waals surface area (Å²) in [7, 11) is 3.30. The minimum Gasteiger partial charge on any atom is -0.465 e. The maximum Gasteiger partial charge on any atom is 0.337 e. The molecular formula is C23H25N3O4. The van der Waals surface area contributed by atoms with Crippen molar-refractivity contribution in [2.75, 3.05) is 30.9 Å². The number of ether oxygens (including phenoxy) is 1. The molecule has 0 bridgehead atoms. The number of hydrogen-bond acceptors (Lipinski definition) is 5. The smallest absolute Gasteiger partial charge is 0.337 e. The van der Waals surface area contributed by atoms with Crippen LogP contribution in [0.1, 0.15) is 56.8 Å². The first-order valence-electron chi connectivity index (χ1n) is 10.2. The lowest BCUT2D eigenvalue weighted by molar-refractivity contribution is 0.0599. The van der Waals surface area contributed by atoms with Crippen LogP contribution < -0.4 is 10.2 Å². The highest BCUT2D eigenvalue weighted by atomic mass is 16.5. The molecule has 2 heterocycles. The molecule has 0 spiro atoms. The summed E-state index contributed by atoms with van der Waals surface area (Å²) in [6.45, 7) is 0.770. The molecule has 1 atom stereocenters. The van der Waals surface area contributed by atoms with Gasteiger partial charge in [0.2, 0.25) is 0 Å². The van der Waals surface area contributed by atoms with Crippen molar-refractivity contribution in [1.82, 2.24) is 4.90 Å². The first-order chi connectivity index (χ1) is 14.5. The van der Waals surface area contributed by atoms with Crippen molar-refractivity contribution in [3.05, 3.63) is 59.2 Å². The van der Waals surface area contributed by atoms with E-state index in [0.29, 0.717) is 22.4 Å². The molecule has 30 heavy (non-hydrogen) atoms. The molecule has 4 rings (SSSR count). The first kappa shape index (κ1) is 19.9. The summed E-state index contributed by atoms with van der Waals surface area (Å²) >= 11 is 0. The van der Waals surface area contributed by atoms with Crippen LogP contribution in [0.3, 0.4) is 0 Å². The van der Waals surface area contributed by atoms with E-state index in [1.165, 1.54) is 7.11 Å². The molecule has 2 aromatic carbocycles. The van der Waals surface area contributed by atoms with E-state index in [9.17, 15) is 14.4 Å². The molecule has 1 N–H and O–H groups in total. The van der Waals surface area contributed by atoms with Crippen molar-refractivity contribution in [2.24, 2.45) is 0 Å². The van der Waals surface area contributed by atoms with E-state index in [0.717, 1.165) is 37.9 Å². The Morgan fingerprint density at radius 1 is 1.07 bits per heavy atom. The molecule has 0 radical (unpaired) electrons. The van der Waals surface area contributed by atoms with Gasteiger partial charge in [-0.2, -0.15) is 0 Å². The van der Waals surface area contributed by atoms with Crippen molar-refractivity contribution in [3.63, 3.8) is 0 Å².